The molecule has 0 aromatic carbocycles. The van der Waals surface area contributed by atoms with Crippen molar-refractivity contribution in [1.82, 2.24) is 4.90 Å². The van der Waals surface area contributed by atoms with E-state index >= 15 is 0 Å². The number of nitrogens with zero attached hydrogens (tertiary/aromatic N) is 1. The van der Waals surface area contributed by atoms with E-state index in [2.05, 4.69) is 31.7 Å². The first-order valence-corrected chi connectivity index (χ1v) is 4.52. The smallest absolute Gasteiger partial charge is 0.0220 e. The molecule has 1 heteroatoms. The molecule has 0 aromatic rings. The maximum Gasteiger partial charge on any atom is 0.0220 e. The van der Waals surface area contributed by atoms with Crippen LogP contribution in [0.5, 0.6) is 0 Å². The summed E-state index contributed by atoms with van der Waals surface area (Å²) in [6.45, 7) is 3.96. The molecule has 2 saturated carbocycles. The third-order valence-electron chi connectivity index (χ3n) is 3.57. The second-order valence-corrected chi connectivity index (χ2v) is 4.22. The fourth-order valence-electron chi connectivity index (χ4n) is 3.12. The Bertz CT molecular complexity index is 185. The molecule has 2 aliphatic carbocycles. The molecular weight excluding hydrogens is 134 g/mol. The summed E-state index contributed by atoms with van der Waals surface area (Å²) < 4.78 is 0. The highest BCUT2D eigenvalue weighted by Crippen LogP contribution is 2.65. The maximum absolute atomic E-state index is 3.96. The Balaban J connectivity index is 2.15. The molecular formula is C10H17N. The lowest BCUT2D eigenvalue weighted by Crippen LogP contribution is -2.21. The highest BCUT2D eigenvalue weighted by molar-refractivity contribution is 5.25. The van der Waals surface area contributed by atoms with Gasteiger partial charge in [0.25, 0.3) is 0 Å². The van der Waals surface area contributed by atoms with E-state index < -0.39 is 0 Å². The fourth-order valence-corrected chi connectivity index (χ4v) is 3.12. The van der Waals surface area contributed by atoms with Crippen LogP contribution in [0.1, 0.15) is 19.3 Å². The number of rotatable bonds is 2. The summed E-state index contributed by atoms with van der Waals surface area (Å²) in [5.74, 6) is 0.940. The van der Waals surface area contributed by atoms with Gasteiger partial charge in [-0.1, -0.05) is 12.5 Å². The molecule has 0 aliphatic heterocycles. The Kier molecular flexibility index (Phi) is 1.40. The summed E-state index contributed by atoms with van der Waals surface area (Å²) in [4.78, 5) is 2.37. The van der Waals surface area contributed by atoms with Crippen LogP contribution in [0, 0.1) is 11.3 Å². The zero-order chi connectivity index (χ0) is 8.06. The molecule has 0 heterocycles. The Morgan fingerprint density at radius 3 is 2.64 bits per heavy atom. The van der Waals surface area contributed by atoms with Gasteiger partial charge in [-0.3, -0.25) is 0 Å². The van der Waals surface area contributed by atoms with Crippen molar-refractivity contribution in [3.05, 3.63) is 12.7 Å². The Hall–Kier alpha value is -0.300. The van der Waals surface area contributed by atoms with Gasteiger partial charge in [0.15, 0.2) is 0 Å². The Morgan fingerprint density at radius 1 is 1.55 bits per heavy atom. The average Bonchev–Trinajstić information content (AvgIpc) is 2.44. The van der Waals surface area contributed by atoms with Crippen molar-refractivity contribution >= 4 is 0 Å². The van der Waals surface area contributed by atoms with Crippen LogP contribution >= 0.6 is 0 Å². The second kappa shape index (κ2) is 2.10. The first-order chi connectivity index (χ1) is 5.22. The van der Waals surface area contributed by atoms with Gasteiger partial charge in [0.05, 0.1) is 0 Å². The zero-order valence-corrected chi connectivity index (χ0v) is 7.51. The van der Waals surface area contributed by atoms with Crippen molar-refractivity contribution in [3.8, 4) is 0 Å². The third-order valence-corrected chi connectivity index (χ3v) is 3.57. The quantitative estimate of drug-likeness (QED) is 0.545. The molecule has 2 rings (SSSR count). The van der Waals surface area contributed by atoms with Crippen LogP contribution in [-0.4, -0.2) is 25.0 Å². The van der Waals surface area contributed by atoms with Crippen molar-refractivity contribution in [3.63, 3.8) is 0 Å². The summed E-state index contributed by atoms with van der Waals surface area (Å²) in [5.41, 5.74) is 0.531. The minimum Gasteiger partial charge on any atom is -0.305 e. The van der Waals surface area contributed by atoms with Crippen LogP contribution in [0.3, 0.4) is 0 Å². The van der Waals surface area contributed by atoms with Crippen molar-refractivity contribution in [2.75, 3.05) is 14.1 Å². The van der Waals surface area contributed by atoms with E-state index in [1.807, 2.05) is 0 Å². The lowest BCUT2D eigenvalue weighted by atomic mass is 10.0. The monoisotopic (exact) mass is 151 g/mol. The molecule has 0 amide bonds. The molecule has 2 fully saturated rings. The van der Waals surface area contributed by atoms with Gasteiger partial charge in [-0.25, -0.2) is 0 Å². The van der Waals surface area contributed by atoms with E-state index in [1.165, 1.54) is 19.3 Å². The van der Waals surface area contributed by atoms with E-state index in [9.17, 15) is 0 Å². The van der Waals surface area contributed by atoms with Gasteiger partial charge in [0.1, 0.15) is 0 Å². The van der Waals surface area contributed by atoms with Crippen LogP contribution < -0.4 is 0 Å². The first kappa shape index (κ1) is 7.35. The summed E-state index contributed by atoms with van der Waals surface area (Å²) in [5, 5.41) is 0. The first-order valence-electron chi connectivity index (χ1n) is 4.52. The lowest BCUT2D eigenvalue weighted by molar-refractivity contribution is 0.326. The molecule has 2 aliphatic rings. The molecule has 0 saturated heterocycles. The van der Waals surface area contributed by atoms with Gasteiger partial charge >= 0.3 is 0 Å². The fraction of sp³-hybridized carbons (Fsp3) is 0.800. The highest BCUT2D eigenvalue weighted by Gasteiger charge is 2.65. The topological polar surface area (TPSA) is 3.24 Å². The van der Waals surface area contributed by atoms with Crippen molar-refractivity contribution < 1.29 is 0 Å². The predicted molar refractivity (Wildman–Crippen MR) is 47.4 cm³/mol. The molecule has 0 unspecified atom stereocenters. The van der Waals surface area contributed by atoms with Crippen molar-refractivity contribution in [2.45, 2.75) is 25.3 Å². The number of hydrogen-bond acceptors (Lipinski definition) is 1. The van der Waals surface area contributed by atoms with Crippen LogP contribution in [0.2, 0.25) is 0 Å². The van der Waals surface area contributed by atoms with E-state index in [0.29, 0.717) is 5.41 Å². The molecule has 0 aromatic heterocycles. The van der Waals surface area contributed by atoms with E-state index in [-0.39, 0.29) is 0 Å². The van der Waals surface area contributed by atoms with Gasteiger partial charge in [0, 0.05) is 11.5 Å². The molecule has 62 valence electrons. The van der Waals surface area contributed by atoms with E-state index in [0.717, 1.165) is 12.0 Å². The molecule has 3 atom stereocenters. The van der Waals surface area contributed by atoms with Gasteiger partial charge in [0.2, 0.25) is 0 Å². The summed E-state index contributed by atoms with van der Waals surface area (Å²) >= 11 is 0. The van der Waals surface area contributed by atoms with Crippen molar-refractivity contribution in [1.29, 1.82) is 0 Å². The van der Waals surface area contributed by atoms with Gasteiger partial charge in [-0.2, -0.15) is 0 Å². The molecule has 0 bridgehead atoms. The average molecular weight is 151 g/mol. The number of hydrogen-bond donors (Lipinski definition) is 0. The summed E-state index contributed by atoms with van der Waals surface area (Å²) in [7, 11) is 4.38. The number of fused-ring (bicyclic) bond motifs is 1. The minimum absolute atomic E-state index is 0.531. The maximum atomic E-state index is 3.96. The normalized spacial score (nSPS) is 47.5. The van der Waals surface area contributed by atoms with Crippen LogP contribution in [0.25, 0.3) is 0 Å². The van der Waals surface area contributed by atoms with E-state index in [1.54, 1.807) is 0 Å². The Morgan fingerprint density at radius 2 is 2.27 bits per heavy atom. The summed E-state index contributed by atoms with van der Waals surface area (Å²) in [6, 6.07) is 0.814. The lowest BCUT2D eigenvalue weighted by Gasteiger charge is -2.15. The predicted octanol–water partition coefficient (Wildman–Crippen LogP) is 1.90. The van der Waals surface area contributed by atoms with Gasteiger partial charge < -0.3 is 4.90 Å². The Labute approximate surface area is 69.1 Å². The third kappa shape index (κ3) is 0.750. The standard InChI is InChI=1S/C10H17N/c1-4-10-7-5-6-8(10)9(10)11(2)3/h4,8-9H,1,5-7H2,2-3H3/t8-,9-,10-/m0/s1. The molecule has 0 radical (unpaired) electrons. The second-order valence-electron chi connectivity index (χ2n) is 4.22. The van der Waals surface area contributed by atoms with Crippen LogP contribution in [0.15, 0.2) is 12.7 Å². The molecule has 0 N–H and O–H groups in total. The SMILES string of the molecule is C=C[C@]12CCC[C@H]1[C@@H]2N(C)C. The zero-order valence-electron chi connectivity index (χ0n) is 7.51. The van der Waals surface area contributed by atoms with Crippen LogP contribution in [0.4, 0.5) is 0 Å². The van der Waals surface area contributed by atoms with Gasteiger partial charge in [-0.15, -0.1) is 6.58 Å². The largest absolute Gasteiger partial charge is 0.305 e. The van der Waals surface area contributed by atoms with Crippen molar-refractivity contribution in [2.24, 2.45) is 11.3 Å². The molecule has 11 heavy (non-hydrogen) atoms. The highest BCUT2D eigenvalue weighted by atomic mass is 15.2. The molecule has 0 spiro atoms. The van der Waals surface area contributed by atoms with E-state index in [4.69, 9.17) is 0 Å². The van der Waals surface area contributed by atoms with Crippen LogP contribution in [-0.2, 0) is 0 Å². The van der Waals surface area contributed by atoms with Gasteiger partial charge in [-0.05, 0) is 32.9 Å². The summed E-state index contributed by atoms with van der Waals surface area (Å²) in [6.07, 6.45) is 6.43. The molecule has 1 nitrogen and oxygen atoms in total. The minimum atomic E-state index is 0.531.